The van der Waals surface area contributed by atoms with Gasteiger partial charge >= 0.3 is 6.03 Å². The monoisotopic (exact) mass is 447 g/mol. The van der Waals surface area contributed by atoms with Gasteiger partial charge in [0.05, 0.1) is 7.11 Å². The average molecular weight is 448 g/mol. The molecule has 5 aliphatic rings. The van der Waals surface area contributed by atoms with E-state index < -0.39 is 10.0 Å². The van der Waals surface area contributed by atoms with Crippen molar-refractivity contribution in [1.82, 2.24) is 14.9 Å². The Hall–Kier alpha value is -1.80. The molecule has 1 aliphatic heterocycles. The van der Waals surface area contributed by atoms with Crippen LogP contribution >= 0.6 is 0 Å². The molecule has 170 valence electrons. The maximum atomic E-state index is 13.1. The molecule has 1 atom stereocenters. The number of hydrogen-bond acceptors (Lipinski definition) is 4. The molecular weight excluding hydrogens is 414 g/mol. The Labute approximate surface area is 185 Å². The van der Waals surface area contributed by atoms with Gasteiger partial charge < -0.3 is 15.4 Å². The summed E-state index contributed by atoms with van der Waals surface area (Å²) in [6, 6.07) is 6.62. The number of carbonyl (C=O) groups excluding carboxylic acids is 1. The van der Waals surface area contributed by atoms with Gasteiger partial charge in [0.25, 0.3) is 0 Å². The van der Waals surface area contributed by atoms with E-state index in [1.54, 1.807) is 24.3 Å². The number of methoxy groups -OCH3 is 1. The summed E-state index contributed by atoms with van der Waals surface area (Å²) in [6.45, 7) is 1.37. The molecule has 2 N–H and O–H groups in total. The molecule has 0 radical (unpaired) electrons. The summed E-state index contributed by atoms with van der Waals surface area (Å²) in [5.74, 6) is 2.84. The zero-order chi connectivity index (χ0) is 21.6. The summed E-state index contributed by atoms with van der Waals surface area (Å²) >= 11 is 0. The van der Waals surface area contributed by atoms with Crippen LogP contribution in [0.3, 0.4) is 0 Å². The lowest BCUT2D eigenvalue weighted by atomic mass is 9.53. The minimum atomic E-state index is -3.61. The van der Waals surface area contributed by atoms with Gasteiger partial charge in [-0.15, -0.1) is 0 Å². The largest absolute Gasteiger partial charge is 0.495 e. The van der Waals surface area contributed by atoms with Gasteiger partial charge in [0.15, 0.2) is 0 Å². The maximum Gasteiger partial charge on any atom is 0.315 e. The van der Waals surface area contributed by atoms with E-state index in [9.17, 15) is 13.2 Å². The highest BCUT2D eigenvalue weighted by Gasteiger charge is 2.51. The topological polar surface area (TPSA) is 87.7 Å². The maximum absolute atomic E-state index is 13.1. The van der Waals surface area contributed by atoms with Crippen LogP contribution in [0.15, 0.2) is 29.2 Å². The number of amides is 2. The summed E-state index contributed by atoms with van der Waals surface area (Å²) in [4.78, 5) is 12.9. The van der Waals surface area contributed by atoms with Crippen molar-refractivity contribution in [2.45, 2.75) is 55.4 Å². The summed E-state index contributed by atoms with van der Waals surface area (Å²) in [5.41, 5.74) is -0.00620. The van der Waals surface area contributed by atoms with E-state index in [1.807, 2.05) is 0 Å². The van der Waals surface area contributed by atoms with Crippen LogP contribution in [0, 0.1) is 23.7 Å². The molecule has 4 aliphatic carbocycles. The van der Waals surface area contributed by atoms with Crippen LogP contribution in [0.25, 0.3) is 0 Å². The van der Waals surface area contributed by atoms with Crippen LogP contribution in [0.1, 0.15) is 44.9 Å². The fourth-order valence-electron chi connectivity index (χ4n) is 6.94. The Kier molecular flexibility index (Phi) is 5.41. The van der Waals surface area contributed by atoms with Crippen molar-refractivity contribution in [3.05, 3.63) is 24.3 Å². The van der Waals surface area contributed by atoms with Gasteiger partial charge in [-0.2, -0.15) is 4.31 Å². The third kappa shape index (κ3) is 4.04. The third-order valence-electron chi connectivity index (χ3n) is 7.90. The molecule has 5 fully saturated rings. The minimum absolute atomic E-state index is 0.00620. The first-order chi connectivity index (χ1) is 14.9. The van der Waals surface area contributed by atoms with E-state index in [0.29, 0.717) is 25.4 Å². The molecule has 8 heteroatoms. The van der Waals surface area contributed by atoms with Crippen molar-refractivity contribution in [2.75, 3.05) is 26.7 Å². The van der Waals surface area contributed by atoms with Crippen molar-refractivity contribution < 1.29 is 17.9 Å². The van der Waals surface area contributed by atoms with Gasteiger partial charge in [-0.05, 0) is 80.8 Å². The molecule has 4 saturated carbocycles. The summed E-state index contributed by atoms with van der Waals surface area (Å²) in [5, 5.41) is 6.37. The number of urea groups is 1. The minimum Gasteiger partial charge on any atom is -0.495 e. The van der Waals surface area contributed by atoms with E-state index in [1.165, 1.54) is 30.7 Å². The smallest absolute Gasteiger partial charge is 0.315 e. The molecule has 7 nitrogen and oxygen atoms in total. The summed E-state index contributed by atoms with van der Waals surface area (Å²) < 4.78 is 32.9. The number of benzene rings is 1. The molecule has 4 bridgehead atoms. The third-order valence-corrected chi connectivity index (χ3v) is 9.81. The van der Waals surface area contributed by atoms with Crippen molar-refractivity contribution >= 4 is 16.1 Å². The second-order valence-corrected chi connectivity index (χ2v) is 12.1. The molecule has 1 unspecified atom stereocenters. The number of hydrogen-bond donors (Lipinski definition) is 2. The van der Waals surface area contributed by atoms with E-state index in [2.05, 4.69) is 10.6 Å². The lowest BCUT2D eigenvalue weighted by molar-refractivity contribution is -0.0135. The van der Waals surface area contributed by atoms with Gasteiger partial charge in [-0.3, -0.25) is 0 Å². The Morgan fingerprint density at radius 1 is 1.13 bits per heavy atom. The van der Waals surface area contributed by atoms with E-state index in [4.69, 9.17) is 4.74 Å². The first-order valence-electron chi connectivity index (χ1n) is 11.6. The van der Waals surface area contributed by atoms with Crippen LogP contribution in [0.2, 0.25) is 0 Å². The standard InChI is InChI=1S/C23H33N3O4S/c1-30-20-4-2-3-5-21(20)31(28,29)26-7-6-16(15-26)14-24-22(27)25-23-11-17-8-18(12-23)10-19(9-17)13-23/h2-5,16-19H,6-15H2,1H3,(H2,24,25,27). The molecule has 1 saturated heterocycles. The number of para-hydroxylation sites is 1. The number of nitrogens with one attached hydrogen (secondary N) is 2. The number of ether oxygens (including phenoxy) is 1. The number of carbonyl (C=O) groups is 1. The predicted molar refractivity (Wildman–Crippen MR) is 117 cm³/mol. The van der Waals surface area contributed by atoms with E-state index in [0.717, 1.165) is 43.4 Å². The lowest BCUT2D eigenvalue weighted by Gasteiger charge is -2.56. The average Bonchev–Trinajstić information content (AvgIpc) is 3.21. The molecule has 0 aromatic heterocycles. The molecule has 1 aromatic rings. The highest BCUT2D eigenvalue weighted by molar-refractivity contribution is 7.89. The second-order valence-electron chi connectivity index (χ2n) is 10.2. The van der Waals surface area contributed by atoms with Crippen LogP contribution in [-0.4, -0.2) is 51.0 Å². The molecule has 0 spiro atoms. The second kappa shape index (κ2) is 7.96. The highest BCUT2D eigenvalue weighted by Crippen LogP contribution is 2.55. The lowest BCUT2D eigenvalue weighted by Crippen LogP contribution is -2.61. The normalized spacial score (nSPS) is 34.6. The van der Waals surface area contributed by atoms with Gasteiger partial charge in [0.1, 0.15) is 10.6 Å². The number of sulfonamides is 1. The molecule has 2 amide bonds. The predicted octanol–water partition coefficient (Wildman–Crippen LogP) is 2.97. The molecule has 1 aromatic carbocycles. The van der Waals surface area contributed by atoms with Gasteiger partial charge in [0.2, 0.25) is 10.0 Å². The van der Waals surface area contributed by atoms with Crippen LogP contribution < -0.4 is 15.4 Å². The summed E-state index contributed by atoms with van der Waals surface area (Å²) in [7, 11) is -2.13. The fraction of sp³-hybridized carbons (Fsp3) is 0.696. The summed E-state index contributed by atoms with van der Waals surface area (Å²) in [6.07, 6.45) is 8.16. The van der Waals surface area contributed by atoms with Crippen LogP contribution in [0.4, 0.5) is 4.79 Å². The van der Waals surface area contributed by atoms with E-state index >= 15 is 0 Å². The Morgan fingerprint density at radius 2 is 1.77 bits per heavy atom. The van der Waals surface area contributed by atoms with Gasteiger partial charge in [-0.1, -0.05) is 12.1 Å². The highest BCUT2D eigenvalue weighted by atomic mass is 32.2. The molecule has 1 heterocycles. The zero-order valence-electron chi connectivity index (χ0n) is 18.2. The first-order valence-corrected chi connectivity index (χ1v) is 13.0. The SMILES string of the molecule is COc1ccccc1S(=O)(=O)N1CCC(CNC(=O)NC23CC4CC(CC(C4)C2)C3)C1. The van der Waals surface area contributed by atoms with Crippen molar-refractivity contribution in [1.29, 1.82) is 0 Å². The number of nitrogens with zero attached hydrogens (tertiary/aromatic N) is 1. The van der Waals surface area contributed by atoms with Crippen LogP contribution in [0.5, 0.6) is 5.75 Å². The molecule has 6 rings (SSSR count). The van der Waals surface area contributed by atoms with Gasteiger partial charge in [-0.25, -0.2) is 13.2 Å². The van der Waals surface area contributed by atoms with Crippen molar-refractivity contribution in [3.8, 4) is 5.75 Å². The molecule has 31 heavy (non-hydrogen) atoms. The quantitative estimate of drug-likeness (QED) is 0.702. The molecular formula is C23H33N3O4S. The van der Waals surface area contributed by atoms with Crippen molar-refractivity contribution in [2.24, 2.45) is 23.7 Å². The van der Waals surface area contributed by atoms with E-state index in [-0.39, 0.29) is 22.4 Å². The fourth-order valence-corrected chi connectivity index (χ4v) is 8.63. The zero-order valence-corrected chi connectivity index (χ0v) is 19.0. The van der Waals surface area contributed by atoms with Crippen LogP contribution in [-0.2, 0) is 10.0 Å². The first kappa shape index (κ1) is 21.1. The number of rotatable bonds is 6. The van der Waals surface area contributed by atoms with Gasteiger partial charge in [0, 0.05) is 25.2 Å². The van der Waals surface area contributed by atoms with Crippen molar-refractivity contribution in [3.63, 3.8) is 0 Å². The Balaban J connectivity index is 1.15. The Bertz CT molecular complexity index is 913. The Morgan fingerprint density at radius 3 is 2.42 bits per heavy atom.